The van der Waals surface area contributed by atoms with Crippen molar-refractivity contribution in [3.05, 3.63) is 23.8 Å². The molecule has 0 spiro atoms. The Morgan fingerprint density at radius 1 is 1.35 bits per heavy atom. The fourth-order valence-corrected chi connectivity index (χ4v) is 1.87. The number of ketones is 1. The minimum atomic E-state index is -5.22. The van der Waals surface area contributed by atoms with Gasteiger partial charge < -0.3 is 9.50 Å². The van der Waals surface area contributed by atoms with Crippen LogP contribution in [-0.2, 0) is 15.3 Å². The van der Waals surface area contributed by atoms with Gasteiger partial charge in [0.25, 0.3) is 0 Å². The summed E-state index contributed by atoms with van der Waals surface area (Å²) in [6.07, 6.45) is 0.971. The van der Waals surface area contributed by atoms with E-state index in [0.29, 0.717) is 18.5 Å². The number of halogens is 1. The smallest absolute Gasteiger partial charge is 0.358 e. The summed E-state index contributed by atoms with van der Waals surface area (Å²) in [5.41, 5.74) is 0.165. The molecule has 1 N–H and O–H groups in total. The van der Waals surface area contributed by atoms with Gasteiger partial charge in [0.2, 0.25) is 5.91 Å². The van der Waals surface area contributed by atoms with E-state index in [2.05, 4.69) is 9.50 Å². The van der Waals surface area contributed by atoms with Crippen LogP contribution < -0.4 is 9.50 Å². The Morgan fingerprint density at radius 2 is 2.00 bits per heavy atom. The Morgan fingerprint density at radius 3 is 2.50 bits per heavy atom. The number of rotatable bonds is 6. The van der Waals surface area contributed by atoms with Crippen LogP contribution in [0.5, 0.6) is 5.75 Å². The maximum Gasteiger partial charge on any atom is 0.488 e. The Bertz CT molecular complexity index is 627. The number of benzene rings is 1. The van der Waals surface area contributed by atoms with E-state index in [-0.39, 0.29) is 11.5 Å². The second-order valence-electron chi connectivity index (χ2n) is 4.04. The van der Waals surface area contributed by atoms with E-state index < -0.39 is 22.0 Å². The number of anilines is 1. The fourth-order valence-electron chi connectivity index (χ4n) is 1.51. The zero-order valence-corrected chi connectivity index (χ0v) is 11.8. The molecule has 0 aromatic heterocycles. The van der Waals surface area contributed by atoms with E-state index in [0.717, 1.165) is 6.07 Å². The summed E-state index contributed by atoms with van der Waals surface area (Å²) >= 11 is 0. The maximum absolute atomic E-state index is 12.5. The molecule has 0 saturated heterocycles. The van der Waals surface area contributed by atoms with Crippen LogP contribution in [0.3, 0.4) is 0 Å². The third-order valence-electron chi connectivity index (χ3n) is 2.31. The average Bonchev–Trinajstić information content (AvgIpc) is 2.29. The van der Waals surface area contributed by atoms with Gasteiger partial charge in [0.05, 0.1) is 5.56 Å². The highest BCUT2D eigenvalue weighted by Crippen LogP contribution is 2.25. The molecule has 0 aliphatic rings. The highest BCUT2D eigenvalue weighted by Gasteiger charge is 2.17. The van der Waals surface area contributed by atoms with Crippen LogP contribution in [0.25, 0.3) is 0 Å². The molecule has 0 saturated carbocycles. The van der Waals surface area contributed by atoms with Gasteiger partial charge in [-0.15, -0.1) is 0 Å². The SMILES string of the molecule is CCCC(=O)Nc1ccc(OS(=O)(=O)F)c(C(C)=O)c1. The molecule has 110 valence electrons. The van der Waals surface area contributed by atoms with Crippen LogP contribution >= 0.6 is 0 Å². The molecule has 1 rings (SSSR count). The molecule has 1 aromatic rings. The number of amides is 1. The predicted octanol–water partition coefficient (Wildman–Crippen LogP) is 2.22. The van der Waals surface area contributed by atoms with Crippen LogP contribution in [0.2, 0.25) is 0 Å². The molecule has 0 heterocycles. The zero-order chi connectivity index (χ0) is 15.3. The van der Waals surface area contributed by atoms with E-state index >= 15 is 0 Å². The summed E-state index contributed by atoms with van der Waals surface area (Å²) in [6.45, 7) is 3.01. The standard InChI is InChI=1S/C12H14FNO5S/c1-3-4-12(16)14-9-5-6-11(19-20(13,17)18)10(7-9)8(2)15/h5-7H,3-4H2,1-2H3,(H,14,16). The fraction of sp³-hybridized carbons (Fsp3) is 0.333. The van der Waals surface area contributed by atoms with E-state index in [1.165, 1.54) is 19.1 Å². The van der Waals surface area contributed by atoms with Crippen molar-refractivity contribution in [1.29, 1.82) is 0 Å². The Hall–Kier alpha value is -1.96. The molecule has 0 atom stereocenters. The molecule has 1 amide bonds. The molecule has 0 radical (unpaired) electrons. The first-order valence-electron chi connectivity index (χ1n) is 5.82. The molecule has 0 aliphatic heterocycles. The molecule has 0 unspecified atom stereocenters. The molecule has 8 heteroatoms. The first kappa shape index (κ1) is 16.1. The van der Waals surface area contributed by atoms with Crippen LogP contribution in [0.15, 0.2) is 18.2 Å². The van der Waals surface area contributed by atoms with Gasteiger partial charge in [-0.2, -0.15) is 8.42 Å². The van der Waals surface area contributed by atoms with E-state index in [4.69, 9.17) is 0 Å². The van der Waals surface area contributed by atoms with Crippen molar-refractivity contribution >= 4 is 27.9 Å². The lowest BCUT2D eigenvalue weighted by molar-refractivity contribution is -0.116. The summed E-state index contributed by atoms with van der Waals surface area (Å²) in [6, 6.07) is 3.66. The van der Waals surface area contributed by atoms with Gasteiger partial charge in [-0.3, -0.25) is 9.59 Å². The monoisotopic (exact) mass is 303 g/mol. The molecular weight excluding hydrogens is 289 g/mol. The Balaban J connectivity index is 3.07. The van der Waals surface area contributed by atoms with E-state index in [1.807, 2.05) is 6.92 Å². The predicted molar refractivity (Wildman–Crippen MR) is 70.6 cm³/mol. The van der Waals surface area contributed by atoms with Crippen molar-refractivity contribution < 1.29 is 26.1 Å². The lowest BCUT2D eigenvalue weighted by Crippen LogP contribution is -2.12. The Labute approximate surface area is 116 Å². The molecule has 0 bridgehead atoms. The first-order chi connectivity index (χ1) is 9.23. The van der Waals surface area contributed by atoms with Crippen molar-refractivity contribution in [1.82, 2.24) is 0 Å². The number of nitrogens with one attached hydrogen (secondary N) is 1. The second-order valence-corrected chi connectivity index (χ2v) is 4.99. The molecule has 20 heavy (non-hydrogen) atoms. The van der Waals surface area contributed by atoms with Gasteiger partial charge in [0.1, 0.15) is 0 Å². The van der Waals surface area contributed by atoms with Crippen LogP contribution in [0.4, 0.5) is 9.57 Å². The van der Waals surface area contributed by atoms with Crippen molar-refractivity contribution in [2.24, 2.45) is 0 Å². The van der Waals surface area contributed by atoms with Gasteiger partial charge in [0.15, 0.2) is 11.5 Å². The summed E-state index contributed by atoms with van der Waals surface area (Å²) in [5.74, 6) is -1.18. The zero-order valence-electron chi connectivity index (χ0n) is 11.0. The maximum atomic E-state index is 12.5. The van der Waals surface area contributed by atoms with Gasteiger partial charge >= 0.3 is 10.5 Å². The summed E-state index contributed by atoms with van der Waals surface area (Å²) in [5, 5.41) is 2.54. The minimum absolute atomic E-state index is 0.138. The number of Topliss-reactive ketones (excluding diaryl/α,β-unsaturated/α-hetero) is 1. The second kappa shape index (κ2) is 6.47. The number of carbonyl (C=O) groups is 2. The third-order valence-corrected chi connectivity index (χ3v) is 2.69. The molecule has 1 aromatic carbocycles. The third kappa shape index (κ3) is 4.96. The van der Waals surface area contributed by atoms with E-state index in [9.17, 15) is 21.9 Å². The van der Waals surface area contributed by atoms with Gasteiger partial charge in [-0.1, -0.05) is 10.8 Å². The van der Waals surface area contributed by atoms with Crippen LogP contribution in [0.1, 0.15) is 37.0 Å². The summed E-state index contributed by atoms with van der Waals surface area (Å²) < 4.78 is 37.5. The highest BCUT2D eigenvalue weighted by molar-refractivity contribution is 7.81. The van der Waals surface area contributed by atoms with Crippen molar-refractivity contribution in [3.63, 3.8) is 0 Å². The average molecular weight is 303 g/mol. The lowest BCUT2D eigenvalue weighted by Gasteiger charge is -2.09. The van der Waals surface area contributed by atoms with Crippen LogP contribution in [-0.4, -0.2) is 20.1 Å². The number of hydrogen-bond donors (Lipinski definition) is 1. The number of carbonyl (C=O) groups excluding carboxylic acids is 2. The molecule has 0 aliphatic carbocycles. The normalized spacial score (nSPS) is 10.9. The van der Waals surface area contributed by atoms with Crippen molar-refractivity contribution in [3.8, 4) is 5.75 Å². The summed E-state index contributed by atoms with van der Waals surface area (Å²) in [4.78, 5) is 22.8. The van der Waals surface area contributed by atoms with E-state index in [1.54, 1.807) is 0 Å². The largest absolute Gasteiger partial charge is 0.488 e. The molecule has 0 fully saturated rings. The minimum Gasteiger partial charge on any atom is -0.358 e. The first-order valence-corrected chi connectivity index (χ1v) is 7.12. The lowest BCUT2D eigenvalue weighted by atomic mass is 10.1. The van der Waals surface area contributed by atoms with Crippen molar-refractivity contribution in [2.75, 3.05) is 5.32 Å². The van der Waals surface area contributed by atoms with Gasteiger partial charge in [-0.25, -0.2) is 0 Å². The van der Waals surface area contributed by atoms with Crippen LogP contribution in [0, 0.1) is 0 Å². The quantitative estimate of drug-likeness (QED) is 0.643. The Kier molecular flexibility index (Phi) is 5.20. The molecular formula is C12H14FNO5S. The summed E-state index contributed by atoms with van der Waals surface area (Å²) in [7, 11) is -5.22. The van der Waals surface area contributed by atoms with Crippen molar-refractivity contribution in [2.45, 2.75) is 26.7 Å². The highest BCUT2D eigenvalue weighted by atomic mass is 32.3. The number of hydrogen-bond acceptors (Lipinski definition) is 5. The topological polar surface area (TPSA) is 89.5 Å². The molecule has 6 nitrogen and oxygen atoms in total. The van der Waals surface area contributed by atoms with Gasteiger partial charge in [-0.05, 0) is 31.5 Å². The van der Waals surface area contributed by atoms with Gasteiger partial charge in [0, 0.05) is 12.1 Å².